The van der Waals surface area contributed by atoms with Gasteiger partial charge >= 0.3 is 0 Å². The lowest BCUT2D eigenvalue weighted by Crippen LogP contribution is -1.90. The second kappa shape index (κ2) is 9.75. The maximum atomic E-state index is 14.6. The minimum Gasteiger partial charge on any atom is -0.206 e. The van der Waals surface area contributed by atoms with Crippen LogP contribution >= 0.6 is 0 Å². The predicted molar refractivity (Wildman–Crippen MR) is 125 cm³/mol. The Morgan fingerprint density at radius 1 is 0.688 bits per heavy atom. The van der Waals surface area contributed by atoms with Crippen molar-refractivity contribution >= 4 is 10.8 Å². The second-order valence-electron chi connectivity index (χ2n) is 7.90. The molecule has 0 amide bonds. The third-order valence-corrected chi connectivity index (χ3v) is 5.56. The highest BCUT2D eigenvalue weighted by molar-refractivity contribution is 5.84. The summed E-state index contributed by atoms with van der Waals surface area (Å²) in [6.45, 7) is 2.16. The number of unbranched alkanes of at least 4 members (excludes halogenated alkanes) is 2. The molecule has 3 heteroatoms. The van der Waals surface area contributed by atoms with Gasteiger partial charge in [0.05, 0.1) is 0 Å². The maximum Gasteiger partial charge on any atom is 0.166 e. The van der Waals surface area contributed by atoms with Gasteiger partial charge in [-0.2, -0.15) is 0 Å². The molecule has 4 aromatic rings. The summed E-state index contributed by atoms with van der Waals surface area (Å²) in [5.41, 5.74) is 3.90. The van der Waals surface area contributed by atoms with Crippen molar-refractivity contribution < 1.29 is 13.2 Å². The molecule has 0 aromatic heterocycles. The first kappa shape index (κ1) is 21.7. The van der Waals surface area contributed by atoms with Crippen molar-refractivity contribution in [2.75, 3.05) is 0 Å². The standard InChI is InChI=1S/C29H23F3/c1-2-3-4-5-21-10-15-25(28(31)19-21)23-12-8-20(9-13-23)6-7-22-11-16-26-24(18-22)14-17-27(30)29(26)32/h8-19H,2-5H2,1H3. The van der Waals surface area contributed by atoms with Crippen LogP contribution in [0.25, 0.3) is 21.9 Å². The first-order valence-corrected chi connectivity index (χ1v) is 10.8. The van der Waals surface area contributed by atoms with Crippen molar-refractivity contribution in [3.63, 3.8) is 0 Å². The van der Waals surface area contributed by atoms with Gasteiger partial charge in [0.25, 0.3) is 0 Å². The largest absolute Gasteiger partial charge is 0.206 e. The Bertz CT molecular complexity index is 1310. The van der Waals surface area contributed by atoms with Crippen molar-refractivity contribution in [2.24, 2.45) is 0 Å². The van der Waals surface area contributed by atoms with Crippen LogP contribution in [0.2, 0.25) is 0 Å². The van der Waals surface area contributed by atoms with Gasteiger partial charge in [-0.3, -0.25) is 0 Å². The van der Waals surface area contributed by atoms with Crippen LogP contribution in [0, 0.1) is 29.3 Å². The van der Waals surface area contributed by atoms with Crippen molar-refractivity contribution in [3.8, 4) is 23.0 Å². The van der Waals surface area contributed by atoms with E-state index in [4.69, 9.17) is 0 Å². The summed E-state index contributed by atoms with van der Waals surface area (Å²) in [7, 11) is 0. The molecule has 0 saturated carbocycles. The number of hydrogen-bond acceptors (Lipinski definition) is 0. The van der Waals surface area contributed by atoms with E-state index < -0.39 is 11.6 Å². The number of hydrogen-bond donors (Lipinski definition) is 0. The minimum atomic E-state index is -0.862. The fourth-order valence-corrected chi connectivity index (χ4v) is 3.75. The van der Waals surface area contributed by atoms with Gasteiger partial charge in [-0.25, -0.2) is 13.2 Å². The van der Waals surface area contributed by atoms with E-state index in [-0.39, 0.29) is 11.2 Å². The molecule has 32 heavy (non-hydrogen) atoms. The third kappa shape index (κ3) is 4.86. The molecule has 0 aliphatic heterocycles. The monoisotopic (exact) mass is 428 g/mol. The summed E-state index contributed by atoms with van der Waals surface area (Å²) in [5.74, 6) is 4.20. The van der Waals surface area contributed by atoms with E-state index in [1.165, 1.54) is 12.1 Å². The van der Waals surface area contributed by atoms with Crippen LogP contribution in [0.1, 0.15) is 42.9 Å². The number of rotatable bonds is 5. The molecule has 4 rings (SSSR count). The zero-order valence-corrected chi connectivity index (χ0v) is 17.9. The van der Waals surface area contributed by atoms with Crippen LogP contribution in [0.4, 0.5) is 13.2 Å². The lowest BCUT2D eigenvalue weighted by molar-refractivity contribution is 0.517. The molecule has 0 atom stereocenters. The Morgan fingerprint density at radius 2 is 1.44 bits per heavy atom. The topological polar surface area (TPSA) is 0 Å². The minimum absolute atomic E-state index is 0.210. The van der Waals surface area contributed by atoms with Crippen molar-refractivity contribution in [1.29, 1.82) is 0 Å². The predicted octanol–water partition coefficient (Wildman–Crippen LogP) is 8.06. The van der Waals surface area contributed by atoms with Crippen LogP contribution in [-0.2, 0) is 6.42 Å². The summed E-state index contributed by atoms with van der Waals surface area (Å²) >= 11 is 0. The lowest BCUT2D eigenvalue weighted by atomic mass is 9.99. The molecule has 0 radical (unpaired) electrons. The molecule has 0 N–H and O–H groups in total. The van der Waals surface area contributed by atoms with E-state index in [0.717, 1.165) is 48.4 Å². The Labute approximate surface area is 186 Å². The van der Waals surface area contributed by atoms with Gasteiger partial charge in [-0.15, -0.1) is 0 Å². The van der Waals surface area contributed by atoms with Crippen molar-refractivity contribution in [3.05, 3.63) is 107 Å². The number of halogens is 3. The Kier molecular flexibility index (Phi) is 6.61. The Morgan fingerprint density at radius 3 is 2.19 bits per heavy atom. The van der Waals surface area contributed by atoms with E-state index in [2.05, 4.69) is 18.8 Å². The maximum absolute atomic E-state index is 14.6. The Balaban J connectivity index is 1.51. The zero-order chi connectivity index (χ0) is 22.5. The SMILES string of the molecule is CCCCCc1ccc(-c2ccc(C#Cc3ccc4c(F)c(F)ccc4c3)cc2)c(F)c1. The highest BCUT2D eigenvalue weighted by Gasteiger charge is 2.08. The molecule has 0 aliphatic rings. The molecular weight excluding hydrogens is 405 g/mol. The quantitative estimate of drug-likeness (QED) is 0.223. The van der Waals surface area contributed by atoms with Gasteiger partial charge in [0.1, 0.15) is 5.82 Å². The highest BCUT2D eigenvalue weighted by atomic mass is 19.2. The zero-order valence-electron chi connectivity index (χ0n) is 17.9. The van der Waals surface area contributed by atoms with Gasteiger partial charge in [-0.05, 0) is 65.8 Å². The molecule has 0 nitrogen and oxygen atoms in total. The fourth-order valence-electron chi connectivity index (χ4n) is 3.75. The summed E-state index contributed by atoms with van der Waals surface area (Å²) < 4.78 is 41.8. The second-order valence-corrected chi connectivity index (χ2v) is 7.90. The number of benzene rings is 4. The van der Waals surface area contributed by atoms with E-state index in [9.17, 15) is 13.2 Å². The van der Waals surface area contributed by atoms with Crippen LogP contribution in [0.5, 0.6) is 0 Å². The van der Waals surface area contributed by atoms with E-state index in [1.807, 2.05) is 36.4 Å². The molecule has 160 valence electrons. The normalized spacial score (nSPS) is 10.8. The third-order valence-electron chi connectivity index (χ3n) is 5.56. The first-order chi connectivity index (χ1) is 15.5. The molecule has 0 unspecified atom stereocenters. The average molecular weight is 428 g/mol. The van der Waals surface area contributed by atoms with Gasteiger partial charge in [-0.1, -0.05) is 68.0 Å². The lowest BCUT2D eigenvalue weighted by Gasteiger charge is -2.07. The molecular formula is C29H23F3. The van der Waals surface area contributed by atoms with E-state index in [1.54, 1.807) is 18.2 Å². The summed E-state index contributed by atoms with van der Waals surface area (Å²) in [4.78, 5) is 0. The van der Waals surface area contributed by atoms with Gasteiger partial charge < -0.3 is 0 Å². The number of aryl methyl sites for hydroxylation is 1. The highest BCUT2D eigenvalue weighted by Crippen LogP contribution is 2.25. The average Bonchev–Trinajstić information content (AvgIpc) is 2.81. The van der Waals surface area contributed by atoms with Crippen LogP contribution in [-0.4, -0.2) is 0 Å². The van der Waals surface area contributed by atoms with Crippen molar-refractivity contribution in [2.45, 2.75) is 32.6 Å². The van der Waals surface area contributed by atoms with Crippen LogP contribution in [0.15, 0.2) is 72.8 Å². The number of fused-ring (bicyclic) bond motifs is 1. The molecule has 0 spiro atoms. The molecule has 0 saturated heterocycles. The van der Waals surface area contributed by atoms with Gasteiger partial charge in [0.15, 0.2) is 11.6 Å². The van der Waals surface area contributed by atoms with Crippen LogP contribution in [0.3, 0.4) is 0 Å². The van der Waals surface area contributed by atoms with Gasteiger partial charge in [0.2, 0.25) is 0 Å². The van der Waals surface area contributed by atoms with E-state index in [0.29, 0.717) is 16.5 Å². The summed E-state index contributed by atoms with van der Waals surface area (Å²) in [5, 5.41) is 0.831. The Hall–Kier alpha value is -3.51. The molecule has 0 bridgehead atoms. The van der Waals surface area contributed by atoms with E-state index >= 15 is 0 Å². The van der Waals surface area contributed by atoms with Crippen LogP contribution < -0.4 is 0 Å². The van der Waals surface area contributed by atoms with Gasteiger partial charge in [0, 0.05) is 22.1 Å². The smallest absolute Gasteiger partial charge is 0.166 e. The molecule has 0 fully saturated rings. The molecule has 0 heterocycles. The molecule has 4 aromatic carbocycles. The first-order valence-electron chi connectivity index (χ1n) is 10.8. The fraction of sp³-hybridized carbons (Fsp3) is 0.172. The van der Waals surface area contributed by atoms with Crippen molar-refractivity contribution in [1.82, 2.24) is 0 Å². The summed E-state index contributed by atoms with van der Waals surface area (Å²) in [6.07, 6.45) is 4.28. The summed E-state index contributed by atoms with van der Waals surface area (Å²) in [6, 6.07) is 20.5. The molecule has 0 aliphatic carbocycles.